The molecule has 0 aliphatic heterocycles. The molecule has 0 spiro atoms. The van der Waals surface area contributed by atoms with Crippen molar-refractivity contribution in [1.82, 2.24) is 0 Å². The molecule has 0 aromatic heterocycles. The van der Waals surface area contributed by atoms with Gasteiger partial charge in [0.05, 0.1) is 38.9 Å². The molecule has 226 valence electrons. The van der Waals surface area contributed by atoms with Gasteiger partial charge in [0.2, 0.25) is 0 Å². The monoisotopic (exact) mass is 574 g/mol. The molecule has 14 nitrogen and oxygen atoms in total. The topological polar surface area (TPSA) is 176 Å². The average molecular weight is 575 g/mol. The summed E-state index contributed by atoms with van der Waals surface area (Å²) < 4.78 is 39.8. The highest BCUT2D eigenvalue weighted by atomic mass is 16.7. The van der Waals surface area contributed by atoms with Gasteiger partial charge in [-0.15, -0.1) is 0 Å². The number of ether oxygens (including phenoxy) is 8. The molecule has 0 rings (SSSR count). The van der Waals surface area contributed by atoms with Crippen molar-refractivity contribution in [1.29, 1.82) is 0 Å². The van der Waals surface area contributed by atoms with Crippen LogP contribution in [0.25, 0.3) is 0 Å². The van der Waals surface area contributed by atoms with E-state index >= 15 is 0 Å². The first-order valence-electron chi connectivity index (χ1n) is 12.6. The van der Waals surface area contributed by atoms with Crippen LogP contribution in [0.3, 0.4) is 0 Å². The summed E-state index contributed by atoms with van der Waals surface area (Å²) in [6, 6.07) is 0. The third-order valence-electron chi connectivity index (χ3n) is 4.42. The Labute approximate surface area is 232 Å². The van der Waals surface area contributed by atoms with Crippen molar-refractivity contribution in [3.8, 4) is 0 Å². The second-order valence-corrected chi connectivity index (χ2v) is 7.75. The van der Waals surface area contributed by atoms with E-state index in [2.05, 4.69) is 22.6 Å². The van der Waals surface area contributed by atoms with E-state index in [4.69, 9.17) is 28.4 Å². The number of hydrogen-bond acceptors (Lipinski definition) is 14. The van der Waals surface area contributed by atoms with Crippen molar-refractivity contribution in [2.75, 3.05) is 39.6 Å². The molecule has 0 radical (unpaired) electrons. The molecule has 0 aromatic carbocycles. The molecule has 0 N–H and O–H groups in total. The fraction of sp³-hybridized carbons (Fsp3) is 0.615. The molecule has 0 aliphatic carbocycles. The Morgan fingerprint density at radius 3 is 1.20 bits per heavy atom. The highest BCUT2D eigenvalue weighted by molar-refractivity contribution is 5.81. The van der Waals surface area contributed by atoms with Crippen LogP contribution in [0.5, 0.6) is 0 Å². The molecular weight excluding hydrogens is 536 g/mol. The van der Waals surface area contributed by atoms with Gasteiger partial charge in [0.25, 0.3) is 0 Å². The number of unbranched alkanes of at least 4 members (excludes halogenated alkanes) is 1. The maximum Gasteiger partial charge on any atom is 0.330 e. The maximum absolute atomic E-state index is 11.8. The van der Waals surface area contributed by atoms with Crippen LogP contribution in [0.1, 0.15) is 52.4 Å². The number of carbonyl (C=O) groups excluding carboxylic acids is 6. The van der Waals surface area contributed by atoms with Crippen LogP contribution in [0.2, 0.25) is 0 Å². The summed E-state index contributed by atoms with van der Waals surface area (Å²) in [6.07, 6.45) is 0.683. The molecule has 2 atom stereocenters. The molecule has 2 unspecified atom stereocenters. The van der Waals surface area contributed by atoms with Gasteiger partial charge in [-0.1, -0.05) is 13.2 Å². The zero-order chi connectivity index (χ0) is 30.2. The van der Waals surface area contributed by atoms with E-state index in [0.29, 0.717) is 12.8 Å². The van der Waals surface area contributed by atoms with Crippen LogP contribution in [0.15, 0.2) is 25.3 Å². The zero-order valence-electron chi connectivity index (χ0n) is 22.9. The number of carbonyl (C=O) groups is 6. The van der Waals surface area contributed by atoms with Crippen molar-refractivity contribution in [2.45, 2.75) is 65.0 Å². The SMILES string of the molecule is C=CC(=O)OCCOC(=O)CCC(=O)OC(C)OCCCCOC(C)OC(=O)CCC(=O)OCCOC(=O)C=C. The molecule has 40 heavy (non-hydrogen) atoms. The fourth-order valence-electron chi connectivity index (χ4n) is 2.52. The third-order valence-corrected chi connectivity index (χ3v) is 4.42. The summed E-state index contributed by atoms with van der Waals surface area (Å²) >= 11 is 0. The van der Waals surface area contributed by atoms with Gasteiger partial charge in [0, 0.05) is 12.2 Å². The third kappa shape index (κ3) is 22.2. The van der Waals surface area contributed by atoms with E-state index in [1.54, 1.807) is 0 Å². The van der Waals surface area contributed by atoms with Gasteiger partial charge in [0.1, 0.15) is 26.4 Å². The first-order chi connectivity index (χ1) is 19.1. The molecular formula is C26H38O14. The molecule has 0 saturated carbocycles. The summed E-state index contributed by atoms with van der Waals surface area (Å²) in [6.45, 7) is 9.59. The van der Waals surface area contributed by atoms with E-state index < -0.39 is 48.4 Å². The molecule has 0 saturated heterocycles. The van der Waals surface area contributed by atoms with Crippen molar-refractivity contribution in [3.63, 3.8) is 0 Å². The Morgan fingerprint density at radius 1 is 0.525 bits per heavy atom. The Kier molecular flexibility index (Phi) is 21.0. The normalized spacial score (nSPS) is 11.8. The van der Waals surface area contributed by atoms with Crippen LogP contribution >= 0.6 is 0 Å². The molecule has 0 aromatic rings. The van der Waals surface area contributed by atoms with Crippen molar-refractivity contribution >= 4 is 35.8 Å². The molecule has 14 heteroatoms. The standard InChI is InChI=1S/C26H38O14/c1-5-21(27)35-15-17-37-23(29)9-11-25(31)39-19(3)33-13-7-8-14-34-20(4)40-26(32)12-10-24(30)38-18-16-36-22(28)6-2/h5-6,19-20H,1-2,7-18H2,3-4H3. The lowest BCUT2D eigenvalue weighted by Gasteiger charge is -2.15. The van der Waals surface area contributed by atoms with Crippen LogP contribution in [0.4, 0.5) is 0 Å². The number of hydrogen-bond donors (Lipinski definition) is 0. The van der Waals surface area contributed by atoms with E-state index in [-0.39, 0.29) is 65.3 Å². The summed E-state index contributed by atoms with van der Waals surface area (Å²) in [5, 5.41) is 0. The van der Waals surface area contributed by atoms with Crippen molar-refractivity contribution < 1.29 is 66.7 Å². The zero-order valence-corrected chi connectivity index (χ0v) is 22.9. The van der Waals surface area contributed by atoms with Crippen LogP contribution < -0.4 is 0 Å². The van der Waals surface area contributed by atoms with Crippen molar-refractivity contribution in [2.24, 2.45) is 0 Å². The Hall–Kier alpha value is -3.78. The lowest BCUT2D eigenvalue weighted by atomic mass is 10.3. The molecule has 0 fully saturated rings. The lowest BCUT2D eigenvalue weighted by Crippen LogP contribution is -2.21. The van der Waals surface area contributed by atoms with Gasteiger partial charge >= 0.3 is 35.8 Å². The van der Waals surface area contributed by atoms with E-state index in [1.165, 1.54) is 13.8 Å². The van der Waals surface area contributed by atoms with Gasteiger partial charge in [-0.3, -0.25) is 19.2 Å². The minimum absolute atomic E-state index is 0.112. The minimum atomic E-state index is -0.823. The van der Waals surface area contributed by atoms with Crippen molar-refractivity contribution in [3.05, 3.63) is 25.3 Å². The summed E-state index contributed by atoms with van der Waals surface area (Å²) in [5.74, 6) is -3.80. The second-order valence-electron chi connectivity index (χ2n) is 7.75. The largest absolute Gasteiger partial charge is 0.462 e. The molecule has 0 aliphatic rings. The van der Waals surface area contributed by atoms with Gasteiger partial charge in [0.15, 0.2) is 12.6 Å². The summed E-state index contributed by atoms with van der Waals surface area (Å²) in [7, 11) is 0. The predicted octanol–water partition coefficient (Wildman–Crippen LogP) is 1.68. The average Bonchev–Trinajstić information content (AvgIpc) is 2.92. The van der Waals surface area contributed by atoms with Crippen LogP contribution in [-0.4, -0.2) is 88.0 Å². The molecule has 0 bridgehead atoms. The lowest BCUT2D eigenvalue weighted by molar-refractivity contribution is -0.179. The van der Waals surface area contributed by atoms with Crippen LogP contribution in [0, 0.1) is 0 Å². The van der Waals surface area contributed by atoms with Gasteiger partial charge in [-0.2, -0.15) is 0 Å². The van der Waals surface area contributed by atoms with Gasteiger partial charge in [-0.25, -0.2) is 9.59 Å². The maximum atomic E-state index is 11.8. The highest BCUT2D eigenvalue weighted by Gasteiger charge is 2.14. The first-order valence-corrected chi connectivity index (χ1v) is 12.6. The number of esters is 6. The summed E-state index contributed by atoms with van der Waals surface area (Å²) in [4.78, 5) is 68.4. The Balaban J connectivity index is 3.76. The summed E-state index contributed by atoms with van der Waals surface area (Å²) in [5.41, 5.74) is 0. The minimum Gasteiger partial charge on any atom is -0.462 e. The number of rotatable bonds is 23. The first kappa shape index (κ1) is 36.2. The van der Waals surface area contributed by atoms with Crippen LogP contribution in [-0.2, 0) is 66.7 Å². The smallest absolute Gasteiger partial charge is 0.330 e. The van der Waals surface area contributed by atoms with E-state index in [1.807, 2.05) is 0 Å². The van der Waals surface area contributed by atoms with E-state index in [9.17, 15) is 28.8 Å². The Morgan fingerprint density at radius 2 is 0.850 bits per heavy atom. The predicted molar refractivity (Wildman–Crippen MR) is 135 cm³/mol. The van der Waals surface area contributed by atoms with Gasteiger partial charge in [-0.05, 0) is 26.7 Å². The quantitative estimate of drug-likeness (QED) is 0.0566. The van der Waals surface area contributed by atoms with E-state index in [0.717, 1.165) is 12.2 Å². The molecule has 0 amide bonds. The highest BCUT2D eigenvalue weighted by Crippen LogP contribution is 2.05. The molecule has 0 heterocycles. The second kappa shape index (κ2) is 23.1. The Bertz CT molecular complexity index is 769. The fourth-order valence-corrected chi connectivity index (χ4v) is 2.52. The van der Waals surface area contributed by atoms with Gasteiger partial charge < -0.3 is 37.9 Å².